The number of hydrogen-bond donors (Lipinski definition) is 1. The molecule has 0 radical (unpaired) electrons. The minimum Gasteiger partial charge on any atom is -0.476 e. The maximum atomic E-state index is 12.7. The zero-order valence-corrected chi connectivity index (χ0v) is 14.7. The summed E-state index contributed by atoms with van der Waals surface area (Å²) in [5.41, 5.74) is 2.63. The van der Waals surface area contributed by atoms with Gasteiger partial charge in [-0.15, -0.1) is 11.3 Å². The molecule has 2 aromatic rings. The number of carbonyl (C=O) groups excluding carboxylic acids is 1. The van der Waals surface area contributed by atoms with Gasteiger partial charge in [-0.1, -0.05) is 24.3 Å². The molecule has 1 atom stereocenters. The molecular formula is C19H20N2O3S. The number of amides is 1. The van der Waals surface area contributed by atoms with Crippen LogP contribution in [0.4, 0.5) is 0 Å². The number of rotatable bonds is 4. The Hall–Kier alpha value is -2.21. The van der Waals surface area contributed by atoms with Crippen molar-refractivity contribution in [3.63, 3.8) is 0 Å². The first-order valence-electron chi connectivity index (χ1n) is 8.66. The Morgan fingerprint density at radius 1 is 1.24 bits per heavy atom. The molecule has 1 aromatic heterocycles. The molecule has 1 fully saturated rings. The molecule has 1 saturated heterocycles. The number of carboxylic acids is 1. The molecule has 2 heterocycles. The molecule has 0 saturated carbocycles. The van der Waals surface area contributed by atoms with Gasteiger partial charge in [-0.3, -0.25) is 4.79 Å². The first kappa shape index (κ1) is 16.3. The molecular weight excluding hydrogens is 336 g/mol. The lowest BCUT2D eigenvalue weighted by Crippen LogP contribution is -2.44. The average molecular weight is 356 g/mol. The number of aromatic nitrogens is 1. The van der Waals surface area contributed by atoms with Crippen LogP contribution in [0.1, 0.15) is 45.4 Å². The Morgan fingerprint density at radius 2 is 2.00 bits per heavy atom. The fourth-order valence-corrected chi connectivity index (χ4v) is 4.69. The summed E-state index contributed by atoms with van der Waals surface area (Å²) >= 11 is 1.42. The van der Waals surface area contributed by atoms with E-state index in [1.54, 1.807) is 5.38 Å². The van der Waals surface area contributed by atoms with E-state index in [0.29, 0.717) is 5.92 Å². The van der Waals surface area contributed by atoms with Gasteiger partial charge in [0, 0.05) is 24.9 Å². The fourth-order valence-electron chi connectivity index (χ4n) is 3.81. The summed E-state index contributed by atoms with van der Waals surface area (Å²) in [4.78, 5) is 29.8. The van der Waals surface area contributed by atoms with Crippen LogP contribution in [-0.2, 0) is 17.6 Å². The molecule has 25 heavy (non-hydrogen) atoms. The van der Waals surface area contributed by atoms with Gasteiger partial charge in [0.05, 0.1) is 10.9 Å². The van der Waals surface area contributed by atoms with E-state index in [2.05, 4.69) is 17.1 Å². The monoisotopic (exact) mass is 356 g/mol. The molecule has 1 amide bonds. The number of thiazole rings is 1. The second-order valence-corrected chi connectivity index (χ2v) is 7.80. The van der Waals surface area contributed by atoms with Crippen LogP contribution in [0.3, 0.4) is 0 Å². The quantitative estimate of drug-likeness (QED) is 0.914. The molecule has 1 aromatic carbocycles. The third-order valence-corrected chi connectivity index (χ3v) is 6.18. The summed E-state index contributed by atoms with van der Waals surface area (Å²) in [7, 11) is 0. The lowest BCUT2D eigenvalue weighted by Gasteiger charge is -2.37. The van der Waals surface area contributed by atoms with Crippen LogP contribution in [0, 0.1) is 5.92 Å². The number of aromatic carboxylic acids is 1. The van der Waals surface area contributed by atoms with Crippen LogP contribution >= 0.6 is 11.3 Å². The van der Waals surface area contributed by atoms with E-state index >= 15 is 0 Å². The Kier molecular flexibility index (Phi) is 4.29. The number of carboxylic acid groups (broad SMARTS) is 1. The number of fused-ring (bicyclic) bond motifs is 1. The Balaban J connectivity index is 1.31. The second-order valence-electron chi connectivity index (χ2n) is 6.86. The van der Waals surface area contributed by atoms with Gasteiger partial charge >= 0.3 is 5.97 Å². The van der Waals surface area contributed by atoms with Gasteiger partial charge in [-0.25, -0.2) is 9.78 Å². The lowest BCUT2D eigenvalue weighted by molar-refractivity contribution is -0.134. The highest BCUT2D eigenvalue weighted by molar-refractivity contribution is 7.09. The third-order valence-electron chi connectivity index (χ3n) is 5.31. The molecule has 4 rings (SSSR count). The molecule has 1 N–H and O–H groups in total. The van der Waals surface area contributed by atoms with E-state index in [9.17, 15) is 9.59 Å². The van der Waals surface area contributed by atoms with Crippen LogP contribution in [0.2, 0.25) is 0 Å². The fraction of sp³-hybridized carbons (Fsp3) is 0.421. The van der Waals surface area contributed by atoms with Gasteiger partial charge in [0.1, 0.15) is 0 Å². The van der Waals surface area contributed by atoms with Gasteiger partial charge in [-0.05, 0) is 36.3 Å². The van der Waals surface area contributed by atoms with Crippen molar-refractivity contribution in [2.75, 3.05) is 13.1 Å². The largest absolute Gasteiger partial charge is 0.476 e. The van der Waals surface area contributed by atoms with Gasteiger partial charge in [0.2, 0.25) is 5.91 Å². The maximum Gasteiger partial charge on any atom is 0.355 e. The Bertz CT molecular complexity index is 809. The third kappa shape index (κ3) is 3.18. The second kappa shape index (κ2) is 6.59. The van der Waals surface area contributed by atoms with Crippen LogP contribution in [0.5, 0.6) is 0 Å². The van der Waals surface area contributed by atoms with E-state index < -0.39 is 5.97 Å². The van der Waals surface area contributed by atoms with Crippen molar-refractivity contribution in [2.45, 2.75) is 31.6 Å². The van der Waals surface area contributed by atoms with E-state index in [-0.39, 0.29) is 17.5 Å². The molecule has 6 heteroatoms. The molecule has 1 aliphatic carbocycles. The predicted molar refractivity (Wildman–Crippen MR) is 95.0 cm³/mol. The summed E-state index contributed by atoms with van der Waals surface area (Å²) in [6, 6.07) is 8.20. The first-order valence-corrected chi connectivity index (χ1v) is 9.54. The van der Waals surface area contributed by atoms with Gasteiger partial charge in [0.25, 0.3) is 0 Å². The summed E-state index contributed by atoms with van der Waals surface area (Å²) in [6.07, 6.45) is 3.60. The smallest absolute Gasteiger partial charge is 0.355 e. The maximum absolute atomic E-state index is 12.7. The minimum atomic E-state index is -0.969. The summed E-state index contributed by atoms with van der Waals surface area (Å²) in [5.74, 6) is -0.182. The number of likely N-dealkylation sites (tertiary alicyclic amines) is 1. The molecule has 0 spiro atoms. The molecule has 1 aliphatic heterocycles. The number of piperidine rings is 1. The normalized spacial score (nSPS) is 20.0. The zero-order chi connectivity index (χ0) is 17.4. The van der Waals surface area contributed by atoms with Crippen LogP contribution < -0.4 is 0 Å². The summed E-state index contributed by atoms with van der Waals surface area (Å²) in [6.45, 7) is 1.58. The number of hydrogen-bond acceptors (Lipinski definition) is 4. The van der Waals surface area contributed by atoms with Crippen molar-refractivity contribution in [3.05, 3.63) is 51.5 Å². The molecule has 2 aliphatic rings. The predicted octanol–water partition coefficient (Wildman–Crippen LogP) is 2.96. The summed E-state index contributed by atoms with van der Waals surface area (Å²) in [5, 5.41) is 11.4. The van der Waals surface area contributed by atoms with Gasteiger partial charge < -0.3 is 10.0 Å². The molecule has 130 valence electrons. The Morgan fingerprint density at radius 3 is 2.68 bits per heavy atom. The number of benzene rings is 1. The molecule has 1 unspecified atom stereocenters. The first-order chi connectivity index (χ1) is 12.1. The van der Waals surface area contributed by atoms with Crippen LogP contribution in [0.25, 0.3) is 0 Å². The van der Waals surface area contributed by atoms with Crippen molar-refractivity contribution >= 4 is 23.2 Å². The van der Waals surface area contributed by atoms with Gasteiger partial charge in [0.15, 0.2) is 5.69 Å². The number of nitrogens with zero attached hydrogens (tertiary/aromatic N) is 2. The lowest BCUT2D eigenvalue weighted by atomic mass is 9.76. The zero-order valence-electron chi connectivity index (χ0n) is 13.9. The van der Waals surface area contributed by atoms with Crippen molar-refractivity contribution in [1.82, 2.24) is 9.88 Å². The van der Waals surface area contributed by atoms with E-state index in [1.165, 1.54) is 22.5 Å². The summed E-state index contributed by atoms with van der Waals surface area (Å²) < 4.78 is 0. The van der Waals surface area contributed by atoms with E-state index in [1.807, 2.05) is 17.0 Å². The average Bonchev–Trinajstić information content (AvgIpc) is 3.05. The van der Waals surface area contributed by atoms with Gasteiger partial charge in [-0.2, -0.15) is 0 Å². The van der Waals surface area contributed by atoms with Crippen LogP contribution in [-0.4, -0.2) is 40.0 Å². The van der Waals surface area contributed by atoms with Crippen molar-refractivity contribution in [2.24, 2.45) is 5.92 Å². The minimum absolute atomic E-state index is 0.0461. The van der Waals surface area contributed by atoms with E-state index in [4.69, 9.17) is 5.11 Å². The van der Waals surface area contributed by atoms with Crippen molar-refractivity contribution in [1.29, 1.82) is 0 Å². The standard InChI is InChI=1S/C19H20N2O3S/c22-18(15-10-13-3-1-2-4-14(13)15)21-7-5-12(6-8-21)9-17-20-16(11-25-17)19(23)24/h1-4,11-12,15H,5-10H2,(H,23,24). The topological polar surface area (TPSA) is 70.5 Å². The van der Waals surface area contributed by atoms with Crippen LogP contribution in [0.15, 0.2) is 29.6 Å². The SMILES string of the molecule is O=C(O)c1csc(CC2CCN(C(=O)C3Cc4ccccc43)CC2)n1. The molecule has 5 nitrogen and oxygen atoms in total. The highest BCUT2D eigenvalue weighted by Gasteiger charge is 2.35. The molecule has 0 bridgehead atoms. The number of carbonyl (C=O) groups is 2. The van der Waals surface area contributed by atoms with Crippen molar-refractivity contribution in [3.8, 4) is 0 Å². The van der Waals surface area contributed by atoms with E-state index in [0.717, 1.165) is 43.8 Å². The van der Waals surface area contributed by atoms with Crippen molar-refractivity contribution < 1.29 is 14.7 Å². The highest BCUT2D eigenvalue weighted by Crippen LogP contribution is 2.37. The Labute approximate surface area is 150 Å². The highest BCUT2D eigenvalue weighted by atomic mass is 32.1.